The van der Waals surface area contributed by atoms with Crippen LogP contribution < -0.4 is 11.1 Å². The first kappa shape index (κ1) is 14.4. The van der Waals surface area contributed by atoms with Gasteiger partial charge in [-0.2, -0.15) is 0 Å². The standard InChI is InChI=1S/C13H17N3O4/c1-8-5-10(11(16(18)19)6-9(8)2)15-12(17)13(14)3-4-20-7-13/h5-6H,3-4,7,14H2,1-2H3,(H,15,17). The quantitative estimate of drug-likeness (QED) is 0.640. The molecule has 3 N–H and O–H groups in total. The summed E-state index contributed by atoms with van der Waals surface area (Å²) in [4.78, 5) is 22.7. The molecule has 1 saturated heterocycles. The predicted octanol–water partition coefficient (Wildman–Crippen LogP) is 1.27. The fourth-order valence-corrected chi connectivity index (χ4v) is 2.06. The fourth-order valence-electron chi connectivity index (χ4n) is 2.06. The van der Waals surface area contributed by atoms with Crippen molar-refractivity contribution in [1.82, 2.24) is 0 Å². The Morgan fingerprint density at radius 2 is 2.10 bits per heavy atom. The third kappa shape index (κ3) is 2.63. The van der Waals surface area contributed by atoms with Gasteiger partial charge in [-0.3, -0.25) is 14.9 Å². The fraction of sp³-hybridized carbons (Fsp3) is 0.462. The highest BCUT2D eigenvalue weighted by molar-refractivity contribution is 6.00. The van der Waals surface area contributed by atoms with E-state index >= 15 is 0 Å². The predicted molar refractivity (Wildman–Crippen MR) is 73.6 cm³/mol. The van der Waals surface area contributed by atoms with Crippen LogP contribution in [0.1, 0.15) is 17.5 Å². The van der Waals surface area contributed by atoms with E-state index in [1.165, 1.54) is 6.07 Å². The van der Waals surface area contributed by atoms with Gasteiger partial charge in [-0.05, 0) is 37.5 Å². The molecule has 1 aliphatic heterocycles. The molecule has 7 heteroatoms. The molecule has 1 aromatic rings. The molecule has 1 fully saturated rings. The first-order chi connectivity index (χ1) is 9.33. The molecule has 1 amide bonds. The Hall–Kier alpha value is -1.99. The van der Waals surface area contributed by atoms with Crippen LogP contribution in [0.3, 0.4) is 0 Å². The molecule has 1 atom stereocenters. The molecule has 20 heavy (non-hydrogen) atoms. The normalized spacial score (nSPS) is 21.8. The molecule has 0 aliphatic carbocycles. The highest BCUT2D eigenvalue weighted by Crippen LogP contribution is 2.29. The maximum absolute atomic E-state index is 12.2. The lowest BCUT2D eigenvalue weighted by Gasteiger charge is -2.20. The molecule has 108 valence electrons. The number of hydrogen-bond acceptors (Lipinski definition) is 5. The highest BCUT2D eigenvalue weighted by Gasteiger charge is 2.39. The molecule has 1 aliphatic rings. The van der Waals surface area contributed by atoms with Crippen LogP contribution in [0.15, 0.2) is 12.1 Å². The van der Waals surface area contributed by atoms with E-state index in [1.54, 1.807) is 13.0 Å². The van der Waals surface area contributed by atoms with Gasteiger partial charge in [0.25, 0.3) is 5.69 Å². The lowest BCUT2D eigenvalue weighted by atomic mass is 9.98. The SMILES string of the molecule is Cc1cc(NC(=O)C2(N)CCOC2)c([N+](=O)[O-])cc1C. The number of anilines is 1. The maximum Gasteiger partial charge on any atom is 0.293 e. The van der Waals surface area contributed by atoms with Crippen LogP contribution in [-0.2, 0) is 9.53 Å². The van der Waals surface area contributed by atoms with Crippen molar-refractivity contribution < 1.29 is 14.5 Å². The van der Waals surface area contributed by atoms with Gasteiger partial charge in [0.2, 0.25) is 5.91 Å². The molecule has 0 saturated carbocycles. The maximum atomic E-state index is 12.2. The number of ether oxygens (including phenoxy) is 1. The monoisotopic (exact) mass is 279 g/mol. The minimum Gasteiger partial charge on any atom is -0.379 e. The Bertz CT molecular complexity index is 565. The number of hydrogen-bond donors (Lipinski definition) is 2. The third-order valence-electron chi connectivity index (χ3n) is 3.56. The molecule has 0 aromatic heterocycles. The molecule has 1 unspecified atom stereocenters. The van der Waals surface area contributed by atoms with Crippen molar-refractivity contribution in [3.63, 3.8) is 0 Å². The van der Waals surface area contributed by atoms with Crippen molar-refractivity contribution in [3.05, 3.63) is 33.4 Å². The number of rotatable bonds is 3. The number of nitrogens with two attached hydrogens (primary N) is 1. The zero-order chi connectivity index (χ0) is 14.9. The van der Waals surface area contributed by atoms with E-state index in [9.17, 15) is 14.9 Å². The third-order valence-corrected chi connectivity index (χ3v) is 3.56. The minimum absolute atomic E-state index is 0.122. The van der Waals surface area contributed by atoms with Crippen LogP contribution in [0.2, 0.25) is 0 Å². The number of carbonyl (C=O) groups excluding carboxylic acids is 1. The summed E-state index contributed by atoms with van der Waals surface area (Å²) in [6.07, 6.45) is 0.400. The van der Waals surface area contributed by atoms with Crippen molar-refractivity contribution in [2.45, 2.75) is 25.8 Å². The number of nitro groups is 1. The van der Waals surface area contributed by atoms with Gasteiger partial charge in [0.05, 0.1) is 11.5 Å². The van der Waals surface area contributed by atoms with Crippen molar-refractivity contribution in [3.8, 4) is 0 Å². The summed E-state index contributed by atoms with van der Waals surface area (Å²) in [7, 11) is 0. The average molecular weight is 279 g/mol. The molecule has 0 spiro atoms. The summed E-state index contributed by atoms with van der Waals surface area (Å²) >= 11 is 0. The minimum atomic E-state index is -1.12. The number of amides is 1. The Morgan fingerprint density at radius 3 is 2.65 bits per heavy atom. The van der Waals surface area contributed by atoms with Gasteiger partial charge >= 0.3 is 0 Å². The zero-order valence-corrected chi connectivity index (χ0v) is 11.4. The van der Waals surface area contributed by atoms with Crippen LogP contribution in [0.5, 0.6) is 0 Å². The molecule has 1 aromatic carbocycles. The second-order valence-corrected chi connectivity index (χ2v) is 5.12. The molecular weight excluding hydrogens is 262 g/mol. The van der Waals surface area contributed by atoms with Crippen LogP contribution in [0, 0.1) is 24.0 Å². The zero-order valence-electron chi connectivity index (χ0n) is 11.4. The van der Waals surface area contributed by atoms with Crippen LogP contribution in [-0.4, -0.2) is 29.6 Å². The Kier molecular flexibility index (Phi) is 3.74. The Morgan fingerprint density at radius 1 is 1.45 bits per heavy atom. The molecule has 0 radical (unpaired) electrons. The summed E-state index contributed by atoms with van der Waals surface area (Å²) in [5.74, 6) is -0.457. The lowest BCUT2D eigenvalue weighted by Crippen LogP contribution is -2.51. The van der Waals surface area contributed by atoms with Gasteiger partial charge < -0.3 is 15.8 Å². The van der Waals surface area contributed by atoms with Crippen LogP contribution in [0.25, 0.3) is 0 Å². The van der Waals surface area contributed by atoms with Crippen LogP contribution in [0.4, 0.5) is 11.4 Å². The van der Waals surface area contributed by atoms with E-state index in [0.29, 0.717) is 13.0 Å². The molecule has 7 nitrogen and oxygen atoms in total. The van der Waals surface area contributed by atoms with E-state index in [1.807, 2.05) is 6.92 Å². The van der Waals surface area contributed by atoms with Gasteiger partial charge in [0.1, 0.15) is 11.2 Å². The Labute approximate surface area is 116 Å². The summed E-state index contributed by atoms with van der Waals surface area (Å²) in [5, 5.41) is 13.6. The molecule has 2 rings (SSSR count). The summed E-state index contributed by atoms with van der Waals surface area (Å²) in [5.41, 5.74) is 6.50. The average Bonchev–Trinajstić information content (AvgIpc) is 2.81. The lowest BCUT2D eigenvalue weighted by molar-refractivity contribution is -0.384. The number of nitrogens with one attached hydrogen (secondary N) is 1. The number of carbonyl (C=O) groups is 1. The topological polar surface area (TPSA) is 107 Å². The highest BCUT2D eigenvalue weighted by atomic mass is 16.6. The van der Waals surface area contributed by atoms with Crippen molar-refractivity contribution in [2.75, 3.05) is 18.5 Å². The summed E-state index contributed by atoms with van der Waals surface area (Å²) in [6.45, 7) is 4.14. The second-order valence-electron chi connectivity index (χ2n) is 5.12. The molecule has 0 bridgehead atoms. The van der Waals surface area contributed by atoms with Gasteiger partial charge in [0.15, 0.2) is 0 Å². The van der Waals surface area contributed by atoms with Gasteiger partial charge in [0, 0.05) is 12.7 Å². The first-order valence-corrected chi connectivity index (χ1v) is 6.27. The van der Waals surface area contributed by atoms with E-state index in [-0.39, 0.29) is 18.0 Å². The smallest absolute Gasteiger partial charge is 0.293 e. The number of benzene rings is 1. The molecular formula is C13H17N3O4. The van der Waals surface area contributed by atoms with E-state index in [0.717, 1.165) is 11.1 Å². The second kappa shape index (κ2) is 5.18. The van der Waals surface area contributed by atoms with E-state index in [2.05, 4.69) is 5.32 Å². The number of aryl methyl sites for hydroxylation is 2. The first-order valence-electron chi connectivity index (χ1n) is 6.27. The largest absolute Gasteiger partial charge is 0.379 e. The van der Waals surface area contributed by atoms with E-state index in [4.69, 9.17) is 10.5 Å². The number of nitrogens with zero attached hydrogens (tertiary/aromatic N) is 1. The van der Waals surface area contributed by atoms with Gasteiger partial charge in [-0.25, -0.2) is 0 Å². The Balaban J connectivity index is 2.31. The molecule has 1 heterocycles. The summed E-state index contributed by atoms with van der Waals surface area (Å²) < 4.78 is 5.12. The van der Waals surface area contributed by atoms with Crippen molar-refractivity contribution in [1.29, 1.82) is 0 Å². The van der Waals surface area contributed by atoms with Gasteiger partial charge in [-0.15, -0.1) is 0 Å². The van der Waals surface area contributed by atoms with Crippen molar-refractivity contribution >= 4 is 17.3 Å². The van der Waals surface area contributed by atoms with Gasteiger partial charge in [-0.1, -0.05) is 0 Å². The van der Waals surface area contributed by atoms with Crippen molar-refractivity contribution in [2.24, 2.45) is 5.73 Å². The summed E-state index contributed by atoms with van der Waals surface area (Å²) in [6, 6.07) is 3.03. The van der Waals surface area contributed by atoms with E-state index < -0.39 is 16.4 Å². The van der Waals surface area contributed by atoms with Crippen LogP contribution >= 0.6 is 0 Å². The number of nitro benzene ring substituents is 1.